The number of carbonyl (C=O) groups excluding carboxylic acids is 1. The number of alkyl halides is 3. The third-order valence-corrected chi connectivity index (χ3v) is 3.45. The summed E-state index contributed by atoms with van der Waals surface area (Å²) in [4.78, 5) is 20.4. The third-order valence-electron chi connectivity index (χ3n) is 3.45. The van der Waals surface area contributed by atoms with Crippen LogP contribution in [-0.4, -0.2) is 38.3 Å². The lowest BCUT2D eigenvalue weighted by atomic mass is 10.2. The lowest BCUT2D eigenvalue weighted by Gasteiger charge is -2.13. The van der Waals surface area contributed by atoms with E-state index in [9.17, 15) is 18.0 Å². The Bertz CT molecular complexity index is 939. The van der Waals surface area contributed by atoms with Crippen LogP contribution in [0.1, 0.15) is 21.6 Å². The second kappa shape index (κ2) is 6.98. The van der Waals surface area contributed by atoms with Gasteiger partial charge in [-0.05, 0) is 19.1 Å². The Labute approximate surface area is 145 Å². The predicted molar refractivity (Wildman–Crippen MR) is 84.7 cm³/mol. The van der Waals surface area contributed by atoms with Crippen molar-refractivity contribution in [3.05, 3.63) is 53.7 Å². The molecule has 0 aliphatic rings. The number of aromatic nitrogens is 4. The Morgan fingerprint density at radius 2 is 2.12 bits per heavy atom. The van der Waals surface area contributed by atoms with Gasteiger partial charge >= 0.3 is 6.18 Å². The molecule has 7 nitrogen and oxygen atoms in total. The van der Waals surface area contributed by atoms with Crippen molar-refractivity contribution in [1.29, 1.82) is 0 Å². The fraction of sp³-hybridized carbons (Fsp3) is 0.250. The number of nitrogens with zero attached hydrogens (tertiary/aromatic N) is 4. The van der Waals surface area contributed by atoms with Gasteiger partial charge in [-0.15, -0.1) is 0 Å². The lowest BCUT2D eigenvalue weighted by molar-refractivity contribution is -0.153. The smallest absolute Gasteiger partial charge is 0.422 e. The first kappa shape index (κ1) is 17.6. The molecular formula is C16H14F3N5O2. The SMILES string of the molecule is Cc1ccn2ncc(C(=O)NCc3ccncc3OCC(F)(F)F)c2n1. The molecule has 3 heterocycles. The van der Waals surface area contributed by atoms with E-state index in [0.29, 0.717) is 11.2 Å². The molecule has 0 fully saturated rings. The van der Waals surface area contributed by atoms with Crippen molar-refractivity contribution < 1.29 is 22.7 Å². The van der Waals surface area contributed by atoms with Gasteiger partial charge in [-0.25, -0.2) is 9.50 Å². The molecule has 0 aliphatic heterocycles. The van der Waals surface area contributed by atoms with E-state index in [2.05, 4.69) is 20.4 Å². The molecule has 3 aromatic rings. The van der Waals surface area contributed by atoms with Crippen molar-refractivity contribution in [3.8, 4) is 5.75 Å². The molecule has 3 rings (SSSR count). The Kier molecular flexibility index (Phi) is 4.74. The number of ether oxygens (including phenoxy) is 1. The molecule has 0 aromatic carbocycles. The van der Waals surface area contributed by atoms with Gasteiger partial charge in [0, 0.05) is 30.2 Å². The average Bonchev–Trinajstić information content (AvgIpc) is 3.01. The maximum atomic E-state index is 12.4. The molecule has 1 N–H and O–H groups in total. The highest BCUT2D eigenvalue weighted by molar-refractivity contribution is 5.99. The standard InChI is InChI=1S/C16H14F3N5O2/c1-10-3-5-24-14(23-10)12(7-22-24)15(25)21-6-11-2-4-20-8-13(11)26-9-16(17,18)19/h2-5,7-8H,6,9H2,1H3,(H,21,25). The zero-order valence-corrected chi connectivity index (χ0v) is 13.6. The normalized spacial score (nSPS) is 11.5. The summed E-state index contributed by atoms with van der Waals surface area (Å²) in [6.45, 7) is 0.324. The largest absolute Gasteiger partial charge is 0.482 e. The number of aryl methyl sites for hydroxylation is 1. The summed E-state index contributed by atoms with van der Waals surface area (Å²) in [6.07, 6.45) is 1.18. The van der Waals surface area contributed by atoms with Crippen LogP contribution >= 0.6 is 0 Å². The topological polar surface area (TPSA) is 81.4 Å². The highest BCUT2D eigenvalue weighted by Gasteiger charge is 2.29. The molecule has 0 aliphatic carbocycles. The monoisotopic (exact) mass is 365 g/mol. The van der Waals surface area contributed by atoms with Gasteiger partial charge in [0.2, 0.25) is 0 Å². The Balaban J connectivity index is 1.72. The molecule has 10 heteroatoms. The fourth-order valence-electron chi connectivity index (χ4n) is 2.23. The molecule has 26 heavy (non-hydrogen) atoms. The number of rotatable bonds is 5. The molecule has 0 unspecified atom stereocenters. The van der Waals surface area contributed by atoms with Crippen LogP contribution < -0.4 is 10.1 Å². The van der Waals surface area contributed by atoms with Crippen molar-refractivity contribution in [2.24, 2.45) is 0 Å². The van der Waals surface area contributed by atoms with E-state index >= 15 is 0 Å². The van der Waals surface area contributed by atoms with E-state index in [-0.39, 0.29) is 17.9 Å². The molecule has 0 saturated carbocycles. The predicted octanol–water partition coefficient (Wildman–Crippen LogP) is 2.30. The van der Waals surface area contributed by atoms with Crippen LogP contribution in [0.15, 0.2) is 36.9 Å². The molecule has 1 amide bonds. The maximum Gasteiger partial charge on any atom is 0.422 e. The summed E-state index contributed by atoms with van der Waals surface area (Å²) in [6, 6.07) is 3.23. The molecule has 136 valence electrons. The number of carbonyl (C=O) groups is 1. The van der Waals surface area contributed by atoms with Gasteiger partial charge in [-0.3, -0.25) is 9.78 Å². The van der Waals surface area contributed by atoms with Gasteiger partial charge in [0.15, 0.2) is 12.3 Å². The van der Waals surface area contributed by atoms with E-state index in [1.165, 1.54) is 29.2 Å². The number of halogens is 3. The molecule has 0 atom stereocenters. The second-order valence-corrected chi connectivity index (χ2v) is 5.47. The lowest BCUT2D eigenvalue weighted by Crippen LogP contribution is -2.24. The van der Waals surface area contributed by atoms with Gasteiger partial charge in [0.25, 0.3) is 5.91 Å². The number of pyridine rings is 1. The maximum absolute atomic E-state index is 12.4. The molecule has 0 spiro atoms. The highest BCUT2D eigenvalue weighted by atomic mass is 19.4. The summed E-state index contributed by atoms with van der Waals surface area (Å²) in [7, 11) is 0. The summed E-state index contributed by atoms with van der Waals surface area (Å²) in [5.74, 6) is -0.490. The number of fused-ring (bicyclic) bond motifs is 1. The first-order valence-corrected chi connectivity index (χ1v) is 7.55. The van der Waals surface area contributed by atoms with E-state index in [4.69, 9.17) is 4.74 Å². The summed E-state index contributed by atoms with van der Waals surface area (Å²) in [5, 5.41) is 6.67. The average molecular weight is 365 g/mol. The van der Waals surface area contributed by atoms with Crippen molar-refractivity contribution in [2.75, 3.05) is 6.61 Å². The van der Waals surface area contributed by atoms with Crippen molar-refractivity contribution >= 4 is 11.6 Å². The molecular weight excluding hydrogens is 351 g/mol. The second-order valence-electron chi connectivity index (χ2n) is 5.47. The zero-order chi connectivity index (χ0) is 18.7. The van der Waals surface area contributed by atoms with E-state index < -0.39 is 18.7 Å². The zero-order valence-electron chi connectivity index (χ0n) is 13.6. The number of nitrogens with one attached hydrogen (secondary N) is 1. The van der Waals surface area contributed by atoms with Crippen LogP contribution in [0.2, 0.25) is 0 Å². The van der Waals surface area contributed by atoms with Crippen molar-refractivity contribution in [3.63, 3.8) is 0 Å². The Morgan fingerprint density at radius 3 is 2.88 bits per heavy atom. The highest BCUT2D eigenvalue weighted by Crippen LogP contribution is 2.21. The van der Waals surface area contributed by atoms with Gasteiger partial charge in [0.1, 0.15) is 11.3 Å². The third kappa shape index (κ3) is 4.08. The van der Waals surface area contributed by atoms with Crippen molar-refractivity contribution in [1.82, 2.24) is 24.9 Å². The van der Waals surface area contributed by atoms with Crippen LogP contribution in [0.5, 0.6) is 5.75 Å². The first-order chi connectivity index (χ1) is 12.3. The van der Waals surface area contributed by atoms with Crippen LogP contribution in [0.4, 0.5) is 13.2 Å². The number of hydrogen-bond donors (Lipinski definition) is 1. The first-order valence-electron chi connectivity index (χ1n) is 7.55. The Morgan fingerprint density at radius 1 is 1.31 bits per heavy atom. The van der Waals surface area contributed by atoms with Crippen LogP contribution in [0.25, 0.3) is 5.65 Å². The minimum Gasteiger partial charge on any atom is -0.482 e. The minimum absolute atomic E-state index is 0.0301. The molecule has 0 radical (unpaired) electrons. The van der Waals surface area contributed by atoms with E-state index in [0.717, 1.165) is 5.69 Å². The minimum atomic E-state index is -4.46. The van der Waals surface area contributed by atoms with E-state index in [1.54, 1.807) is 19.2 Å². The van der Waals surface area contributed by atoms with Crippen LogP contribution in [-0.2, 0) is 6.54 Å². The summed E-state index contributed by atoms with van der Waals surface area (Å²) < 4.78 is 43.2. The quantitative estimate of drug-likeness (QED) is 0.750. The Hall–Kier alpha value is -3.17. The summed E-state index contributed by atoms with van der Waals surface area (Å²) in [5.41, 5.74) is 1.76. The van der Waals surface area contributed by atoms with Gasteiger partial charge in [0.05, 0.1) is 12.4 Å². The van der Waals surface area contributed by atoms with Crippen LogP contribution in [0, 0.1) is 6.92 Å². The molecule has 3 aromatic heterocycles. The number of hydrogen-bond acceptors (Lipinski definition) is 5. The summed E-state index contributed by atoms with van der Waals surface area (Å²) >= 11 is 0. The van der Waals surface area contributed by atoms with E-state index in [1.807, 2.05) is 0 Å². The van der Waals surface area contributed by atoms with Gasteiger partial charge in [-0.1, -0.05) is 0 Å². The van der Waals surface area contributed by atoms with Crippen molar-refractivity contribution in [2.45, 2.75) is 19.6 Å². The fourth-order valence-corrected chi connectivity index (χ4v) is 2.23. The van der Waals surface area contributed by atoms with Gasteiger partial charge in [-0.2, -0.15) is 18.3 Å². The molecule has 0 bridgehead atoms. The number of amides is 1. The van der Waals surface area contributed by atoms with Crippen LogP contribution in [0.3, 0.4) is 0 Å². The molecule has 0 saturated heterocycles. The van der Waals surface area contributed by atoms with Gasteiger partial charge < -0.3 is 10.1 Å².